The average Bonchev–Trinajstić information content (AvgIpc) is 2.88. The molecular weight excluding hydrogens is 248 g/mol. The van der Waals surface area contributed by atoms with E-state index in [1.54, 1.807) is 0 Å². The maximum Gasteiger partial charge on any atom is 0.134 e. The third-order valence-electron chi connectivity index (χ3n) is 4.23. The van der Waals surface area contributed by atoms with Gasteiger partial charge in [0.05, 0.1) is 0 Å². The van der Waals surface area contributed by atoms with E-state index in [2.05, 4.69) is 49.0 Å². The molecule has 0 radical (unpaired) electrons. The van der Waals surface area contributed by atoms with Crippen molar-refractivity contribution in [2.45, 2.75) is 47.0 Å². The van der Waals surface area contributed by atoms with E-state index in [1.165, 1.54) is 6.42 Å². The van der Waals surface area contributed by atoms with E-state index in [4.69, 9.17) is 4.98 Å². The van der Waals surface area contributed by atoms with E-state index in [9.17, 15) is 0 Å². The van der Waals surface area contributed by atoms with Gasteiger partial charge in [0.25, 0.3) is 0 Å². The molecule has 2 rings (SSSR count). The first-order chi connectivity index (χ1) is 9.44. The second kappa shape index (κ2) is 5.98. The van der Waals surface area contributed by atoms with Crippen molar-refractivity contribution in [2.24, 2.45) is 11.3 Å². The summed E-state index contributed by atoms with van der Waals surface area (Å²) in [5.74, 6) is 3.70. The molecule has 0 saturated carbocycles. The third kappa shape index (κ3) is 3.41. The molecule has 1 fully saturated rings. The van der Waals surface area contributed by atoms with Gasteiger partial charge in [-0.05, 0) is 24.2 Å². The van der Waals surface area contributed by atoms with Crippen molar-refractivity contribution in [3.63, 3.8) is 0 Å². The molecule has 1 unspecified atom stereocenters. The number of anilines is 2. The fourth-order valence-electron chi connectivity index (χ4n) is 2.78. The fourth-order valence-corrected chi connectivity index (χ4v) is 2.78. The van der Waals surface area contributed by atoms with Gasteiger partial charge in [-0.1, -0.05) is 27.7 Å². The SMILES string of the molecule is CCCc1nc(NC)cc(N2CCC(C(C)(C)C)C2)n1. The number of aromatic nitrogens is 2. The Morgan fingerprint density at radius 3 is 2.65 bits per heavy atom. The van der Waals surface area contributed by atoms with Gasteiger partial charge in [-0.3, -0.25) is 0 Å². The van der Waals surface area contributed by atoms with Crippen LogP contribution in [0, 0.1) is 11.3 Å². The number of nitrogens with one attached hydrogen (secondary N) is 1. The topological polar surface area (TPSA) is 41.1 Å². The van der Waals surface area contributed by atoms with Crippen LogP contribution in [0.5, 0.6) is 0 Å². The second-order valence-corrected chi connectivity index (χ2v) is 6.83. The van der Waals surface area contributed by atoms with Crippen LogP contribution in [-0.4, -0.2) is 30.1 Å². The quantitative estimate of drug-likeness (QED) is 0.915. The molecule has 1 aromatic rings. The summed E-state index contributed by atoms with van der Waals surface area (Å²) >= 11 is 0. The van der Waals surface area contributed by atoms with Crippen molar-refractivity contribution in [2.75, 3.05) is 30.4 Å². The van der Waals surface area contributed by atoms with Gasteiger partial charge >= 0.3 is 0 Å². The van der Waals surface area contributed by atoms with Gasteiger partial charge in [-0.2, -0.15) is 0 Å². The highest BCUT2D eigenvalue weighted by Gasteiger charge is 2.32. The summed E-state index contributed by atoms with van der Waals surface area (Å²) in [7, 11) is 1.92. The summed E-state index contributed by atoms with van der Waals surface area (Å²) in [5.41, 5.74) is 0.375. The first-order valence-corrected chi connectivity index (χ1v) is 7.74. The van der Waals surface area contributed by atoms with Gasteiger partial charge in [0, 0.05) is 32.6 Å². The van der Waals surface area contributed by atoms with Crippen LogP contribution in [0.15, 0.2) is 6.07 Å². The predicted molar refractivity (Wildman–Crippen MR) is 85.3 cm³/mol. The molecule has 4 heteroatoms. The predicted octanol–water partition coefficient (Wildman–Crippen LogP) is 3.34. The summed E-state index contributed by atoms with van der Waals surface area (Å²) in [5, 5.41) is 3.15. The number of hydrogen-bond acceptors (Lipinski definition) is 4. The van der Waals surface area contributed by atoms with Crippen molar-refractivity contribution >= 4 is 11.6 Å². The molecule has 0 bridgehead atoms. The minimum absolute atomic E-state index is 0.375. The van der Waals surface area contributed by atoms with Gasteiger partial charge in [0.1, 0.15) is 17.5 Å². The Kier molecular flexibility index (Phi) is 4.51. The molecular formula is C16H28N4. The Hall–Kier alpha value is -1.32. The summed E-state index contributed by atoms with van der Waals surface area (Å²) in [6.45, 7) is 11.4. The number of aryl methyl sites for hydroxylation is 1. The Morgan fingerprint density at radius 1 is 1.35 bits per heavy atom. The lowest BCUT2D eigenvalue weighted by Crippen LogP contribution is -2.26. The third-order valence-corrected chi connectivity index (χ3v) is 4.23. The molecule has 20 heavy (non-hydrogen) atoms. The van der Waals surface area contributed by atoms with Crippen LogP contribution in [0.3, 0.4) is 0 Å². The summed E-state index contributed by atoms with van der Waals surface area (Å²) in [4.78, 5) is 11.7. The molecule has 2 heterocycles. The molecule has 1 saturated heterocycles. The van der Waals surface area contributed by atoms with Gasteiger partial charge in [-0.15, -0.1) is 0 Å². The minimum atomic E-state index is 0.375. The molecule has 1 aromatic heterocycles. The van der Waals surface area contributed by atoms with Crippen molar-refractivity contribution in [1.29, 1.82) is 0 Å². The largest absolute Gasteiger partial charge is 0.373 e. The molecule has 0 spiro atoms. The Balaban J connectivity index is 2.18. The summed E-state index contributed by atoms with van der Waals surface area (Å²) in [6, 6.07) is 2.07. The van der Waals surface area contributed by atoms with Gasteiger partial charge in [0.2, 0.25) is 0 Å². The van der Waals surface area contributed by atoms with E-state index < -0.39 is 0 Å². The standard InChI is InChI=1S/C16H28N4/c1-6-7-13-18-14(17-5)10-15(19-13)20-9-8-12(11-20)16(2,3)4/h10,12H,6-9,11H2,1-5H3,(H,17,18,19). The normalized spacial score (nSPS) is 19.4. The molecule has 112 valence electrons. The zero-order valence-electron chi connectivity index (χ0n) is 13.5. The highest BCUT2D eigenvalue weighted by Crippen LogP contribution is 2.35. The van der Waals surface area contributed by atoms with Crippen molar-refractivity contribution in [3.8, 4) is 0 Å². The van der Waals surface area contributed by atoms with Crippen LogP contribution in [-0.2, 0) is 6.42 Å². The molecule has 1 atom stereocenters. The lowest BCUT2D eigenvalue weighted by molar-refractivity contribution is 0.263. The van der Waals surface area contributed by atoms with E-state index in [0.717, 1.165) is 49.3 Å². The highest BCUT2D eigenvalue weighted by atomic mass is 15.2. The van der Waals surface area contributed by atoms with E-state index >= 15 is 0 Å². The maximum absolute atomic E-state index is 4.74. The van der Waals surface area contributed by atoms with E-state index in [0.29, 0.717) is 5.41 Å². The average molecular weight is 276 g/mol. The summed E-state index contributed by atoms with van der Waals surface area (Å²) < 4.78 is 0. The maximum atomic E-state index is 4.74. The zero-order valence-corrected chi connectivity index (χ0v) is 13.5. The Labute approximate surface area is 123 Å². The molecule has 1 aliphatic heterocycles. The summed E-state index contributed by atoms with van der Waals surface area (Å²) in [6.07, 6.45) is 3.28. The number of hydrogen-bond donors (Lipinski definition) is 1. The molecule has 0 amide bonds. The lowest BCUT2D eigenvalue weighted by Gasteiger charge is -2.27. The van der Waals surface area contributed by atoms with E-state index in [1.807, 2.05) is 7.05 Å². The highest BCUT2D eigenvalue weighted by molar-refractivity contribution is 5.50. The lowest BCUT2D eigenvalue weighted by atomic mass is 9.80. The van der Waals surface area contributed by atoms with Crippen LogP contribution < -0.4 is 10.2 Å². The number of nitrogens with zero attached hydrogens (tertiary/aromatic N) is 3. The fraction of sp³-hybridized carbons (Fsp3) is 0.750. The minimum Gasteiger partial charge on any atom is -0.373 e. The first kappa shape index (κ1) is 15.1. The van der Waals surface area contributed by atoms with Gasteiger partial charge in [-0.25, -0.2) is 9.97 Å². The Bertz CT molecular complexity index is 450. The van der Waals surface area contributed by atoms with E-state index in [-0.39, 0.29) is 0 Å². The van der Waals surface area contributed by atoms with Crippen LogP contribution in [0.1, 0.15) is 46.4 Å². The molecule has 0 aromatic carbocycles. The Morgan fingerprint density at radius 2 is 2.10 bits per heavy atom. The molecule has 0 aliphatic carbocycles. The molecule has 1 N–H and O–H groups in total. The van der Waals surface area contributed by atoms with Crippen molar-refractivity contribution in [1.82, 2.24) is 9.97 Å². The monoisotopic (exact) mass is 276 g/mol. The van der Waals surface area contributed by atoms with Crippen LogP contribution in [0.25, 0.3) is 0 Å². The van der Waals surface area contributed by atoms with Gasteiger partial charge < -0.3 is 10.2 Å². The smallest absolute Gasteiger partial charge is 0.134 e. The molecule has 1 aliphatic rings. The first-order valence-electron chi connectivity index (χ1n) is 7.74. The zero-order chi connectivity index (χ0) is 14.8. The van der Waals surface area contributed by atoms with Crippen molar-refractivity contribution in [3.05, 3.63) is 11.9 Å². The van der Waals surface area contributed by atoms with Gasteiger partial charge in [0.15, 0.2) is 0 Å². The van der Waals surface area contributed by atoms with Crippen LogP contribution in [0.2, 0.25) is 0 Å². The second-order valence-electron chi connectivity index (χ2n) is 6.83. The van der Waals surface area contributed by atoms with Crippen LogP contribution >= 0.6 is 0 Å². The number of rotatable bonds is 4. The van der Waals surface area contributed by atoms with Crippen molar-refractivity contribution < 1.29 is 0 Å². The molecule has 4 nitrogen and oxygen atoms in total. The van der Waals surface area contributed by atoms with Crippen LogP contribution in [0.4, 0.5) is 11.6 Å².